The van der Waals surface area contributed by atoms with E-state index in [2.05, 4.69) is 0 Å². The Morgan fingerprint density at radius 2 is 2.17 bits per heavy atom. The largest absolute Gasteiger partial charge is 0.391 e. The second kappa shape index (κ2) is 2.94. The Morgan fingerprint density at radius 3 is 2.67 bits per heavy atom. The molecule has 0 fully saturated rings. The van der Waals surface area contributed by atoms with Crippen LogP contribution in [0.3, 0.4) is 0 Å². The van der Waals surface area contributed by atoms with E-state index < -0.39 is 22.1 Å². The van der Waals surface area contributed by atoms with Crippen LogP contribution in [0.4, 0.5) is 15.8 Å². The Bertz CT molecular complexity index is 343. The predicted molar refractivity (Wildman–Crippen MR) is 42.5 cm³/mol. The number of nitrogens with two attached hydrogens (primary N) is 1. The number of nitrogen functional groups attached to an aromatic ring is 1. The summed E-state index contributed by atoms with van der Waals surface area (Å²) in [6.45, 7) is 0. The van der Waals surface area contributed by atoms with Crippen LogP contribution in [-0.2, 0) is 0 Å². The molecule has 1 aromatic rings. The lowest BCUT2D eigenvalue weighted by Crippen LogP contribution is -1.98. The second-order valence-corrected chi connectivity index (χ2v) is 2.51. The summed E-state index contributed by atoms with van der Waals surface area (Å²) >= 11 is 5.37. The molecule has 0 aliphatic heterocycles. The lowest BCUT2D eigenvalue weighted by Gasteiger charge is -1.98. The summed E-state index contributed by atoms with van der Waals surface area (Å²) < 4.78 is 12.7. The molecule has 0 amide bonds. The molecule has 1 rings (SSSR count). The summed E-state index contributed by atoms with van der Waals surface area (Å²) in [4.78, 5) is 9.44. The van der Waals surface area contributed by atoms with Crippen LogP contribution in [0, 0.1) is 15.9 Å². The first kappa shape index (κ1) is 8.73. The fourth-order valence-corrected chi connectivity index (χ4v) is 0.921. The topological polar surface area (TPSA) is 69.2 Å². The van der Waals surface area contributed by atoms with E-state index in [1.54, 1.807) is 0 Å². The minimum absolute atomic E-state index is 0.0478. The molecule has 6 heteroatoms. The fourth-order valence-electron chi connectivity index (χ4n) is 0.722. The van der Waals surface area contributed by atoms with Crippen molar-refractivity contribution in [2.45, 2.75) is 0 Å². The summed E-state index contributed by atoms with van der Waals surface area (Å²) in [7, 11) is 0. The van der Waals surface area contributed by atoms with Gasteiger partial charge in [-0.25, -0.2) is 4.39 Å². The summed E-state index contributed by atoms with van der Waals surface area (Å²) in [5.41, 5.74) is 4.07. The van der Waals surface area contributed by atoms with Crippen molar-refractivity contribution in [3.63, 3.8) is 0 Å². The van der Waals surface area contributed by atoms with Crippen molar-refractivity contribution in [2.24, 2.45) is 0 Å². The number of anilines is 1. The highest BCUT2D eigenvalue weighted by molar-refractivity contribution is 6.30. The highest BCUT2D eigenvalue weighted by atomic mass is 35.5. The number of hydrogen-bond donors (Lipinski definition) is 1. The number of nitrogens with zero attached hydrogens (tertiary/aromatic N) is 1. The smallest absolute Gasteiger partial charge is 0.296 e. The zero-order valence-electron chi connectivity index (χ0n) is 5.75. The van der Waals surface area contributed by atoms with Crippen molar-refractivity contribution < 1.29 is 9.31 Å². The molecule has 0 spiro atoms. The van der Waals surface area contributed by atoms with E-state index in [1.807, 2.05) is 0 Å². The van der Waals surface area contributed by atoms with Crippen LogP contribution in [0.1, 0.15) is 0 Å². The summed E-state index contributed by atoms with van der Waals surface area (Å²) in [5, 5.41) is 10.2. The molecule has 0 bridgehead atoms. The molecule has 0 radical (unpaired) electrons. The number of nitro groups is 1. The fraction of sp³-hybridized carbons (Fsp3) is 0. The van der Waals surface area contributed by atoms with Crippen molar-refractivity contribution in [1.29, 1.82) is 0 Å². The predicted octanol–water partition coefficient (Wildman–Crippen LogP) is 1.97. The SMILES string of the molecule is Nc1c(F)cc(Cl)cc1[N+](=O)[O-]. The van der Waals surface area contributed by atoms with Crippen LogP contribution in [0.2, 0.25) is 5.02 Å². The van der Waals surface area contributed by atoms with Crippen molar-refractivity contribution in [3.8, 4) is 0 Å². The molecular formula is C6H4ClFN2O2. The molecule has 0 heterocycles. The Hall–Kier alpha value is -1.36. The number of nitro benzene ring substituents is 1. The van der Waals surface area contributed by atoms with Gasteiger partial charge >= 0.3 is 0 Å². The van der Waals surface area contributed by atoms with Crippen molar-refractivity contribution >= 4 is 23.0 Å². The zero-order valence-corrected chi connectivity index (χ0v) is 6.51. The molecule has 12 heavy (non-hydrogen) atoms. The first-order valence-corrected chi connectivity index (χ1v) is 3.29. The molecular weight excluding hydrogens is 187 g/mol. The molecule has 0 atom stereocenters. The molecule has 0 saturated heterocycles. The number of halogens is 2. The van der Waals surface area contributed by atoms with E-state index in [4.69, 9.17) is 17.3 Å². The number of benzene rings is 1. The van der Waals surface area contributed by atoms with Gasteiger partial charge in [0, 0.05) is 6.07 Å². The average Bonchev–Trinajstić information content (AvgIpc) is 1.96. The van der Waals surface area contributed by atoms with E-state index in [0.717, 1.165) is 12.1 Å². The molecule has 0 unspecified atom stereocenters. The Labute approximate surface area is 71.9 Å². The normalized spacial score (nSPS) is 9.83. The maximum absolute atomic E-state index is 12.7. The Balaban J connectivity index is 3.37. The van der Waals surface area contributed by atoms with Crippen LogP contribution >= 0.6 is 11.6 Å². The van der Waals surface area contributed by atoms with Gasteiger partial charge in [-0.3, -0.25) is 10.1 Å². The lowest BCUT2D eigenvalue weighted by molar-refractivity contribution is -0.384. The third kappa shape index (κ3) is 1.45. The van der Waals surface area contributed by atoms with E-state index in [-0.39, 0.29) is 5.02 Å². The zero-order chi connectivity index (χ0) is 9.30. The van der Waals surface area contributed by atoms with Gasteiger partial charge in [-0.15, -0.1) is 0 Å². The van der Waals surface area contributed by atoms with Gasteiger partial charge in [0.2, 0.25) is 0 Å². The number of rotatable bonds is 1. The highest BCUT2D eigenvalue weighted by Gasteiger charge is 2.16. The van der Waals surface area contributed by atoms with Gasteiger partial charge < -0.3 is 5.73 Å². The average molecular weight is 191 g/mol. The lowest BCUT2D eigenvalue weighted by atomic mass is 10.2. The van der Waals surface area contributed by atoms with Crippen molar-refractivity contribution in [3.05, 3.63) is 33.1 Å². The highest BCUT2D eigenvalue weighted by Crippen LogP contribution is 2.27. The van der Waals surface area contributed by atoms with Crippen LogP contribution in [0.5, 0.6) is 0 Å². The van der Waals surface area contributed by atoms with Gasteiger partial charge in [-0.05, 0) is 6.07 Å². The number of hydrogen-bond acceptors (Lipinski definition) is 3. The monoisotopic (exact) mass is 190 g/mol. The third-order valence-corrected chi connectivity index (χ3v) is 1.49. The Kier molecular flexibility index (Phi) is 2.14. The quantitative estimate of drug-likeness (QED) is 0.418. The molecule has 0 aliphatic rings. The molecule has 0 saturated carbocycles. The van der Waals surface area contributed by atoms with Crippen LogP contribution in [0.25, 0.3) is 0 Å². The summed E-state index contributed by atoms with van der Waals surface area (Å²) in [5.74, 6) is -0.880. The van der Waals surface area contributed by atoms with E-state index in [9.17, 15) is 14.5 Å². The van der Waals surface area contributed by atoms with Gasteiger partial charge in [0.15, 0.2) is 5.82 Å². The molecule has 4 nitrogen and oxygen atoms in total. The van der Waals surface area contributed by atoms with Crippen molar-refractivity contribution in [2.75, 3.05) is 5.73 Å². The maximum atomic E-state index is 12.7. The van der Waals surface area contributed by atoms with Crippen LogP contribution in [-0.4, -0.2) is 4.92 Å². The molecule has 2 N–H and O–H groups in total. The standard InChI is InChI=1S/C6H4ClFN2O2/c7-3-1-4(8)6(9)5(2-3)10(11)12/h1-2H,9H2. The van der Waals surface area contributed by atoms with Crippen LogP contribution in [0.15, 0.2) is 12.1 Å². The van der Waals surface area contributed by atoms with E-state index in [1.165, 1.54) is 0 Å². The first-order chi connectivity index (χ1) is 5.52. The van der Waals surface area contributed by atoms with E-state index >= 15 is 0 Å². The minimum Gasteiger partial charge on any atom is -0.391 e. The minimum atomic E-state index is -0.880. The molecule has 0 aromatic heterocycles. The van der Waals surface area contributed by atoms with Crippen LogP contribution < -0.4 is 5.73 Å². The van der Waals surface area contributed by atoms with Gasteiger partial charge in [0.25, 0.3) is 5.69 Å². The van der Waals surface area contributed by atoms with Gasteiger partial charge in [-0.2, -0.15) is 0 Å². The molecule has 0 aliphatic carbocycles. The van der Waals surface area contributed by atoms with Crippen molar-refractivity contribution in [1.82, 2.24) is 0 Å². The van der Waals surface area contributed by atoms with Gasteiger partial charge in [0.1, 0.15) is 5.69 Å². The summed E-state index contributed by atoms with van der Waals surface area (Å²) in [6, 6.07) is 1.92. The molecule has 64 valence electrons. The molecule has 1 aromatic carbocycles. The van der Waals surface area contributed by atoms with Gasteiger partial charge in [-0.1, -0.05) is 11.6 Å². The van der Waals surface area contributed by atoms with Gasteiger partial charge in [0.05, 0.1) is 9.95 Å². The first-order valence-electron chi connectivity index (χ1n) is 2.91. The van der Waals surface area contributed by atoms with E-state index in [0.29, 0.717) is 0 Å². The maximum Gasteiger partial charge on any atom is 0.296 e. The summed E-state index contributed by atoms with van der Waals surface area (Å²) in [6.07, 6.45) is 0. The second-order valence-electron chi connectivity index (χ2n) is 2.08. The third-order valence-electron chi connectivity index (χ3n) is 1.27. The Morgan fingerprint density at radius 1 is 1.58 bits per heavy atom.